The first-order chi connectivity index (χ1) is 11.1. The number of hydrogen-bond donors (Lipinski definition) is 3. The van der Waals surface area contributed by atoms with E-state index in [1.54, 1.807) is 0 Å². The van der Waals surface area contributed by atoms with Gasteiger partial charge in [-0.2, -0.15) is 4.98 Å². The van der Waals surface area contributed by atoms with Crippen molar-refractivity contribution in [3.63, 3.8) is 0 Å². The number of rotatable bonds is 4. The SMILES string of the molecule is O=C(O)c1cnc(Nc2cccc(-c3ccccc3)c2)nc1O.[NaH]. The van der Waals surface area contributed by atoms with E-state index >= 15 is 0 Å². The van der Waals surface area contributed by atoms with Gasteiger partial charge in [0.2, 0.25) is 11.8 Å². The molecule has 0 fully saturated rings. The molecule has 0 aliphatic rings. The van der Waals surface area contributed by atoms with Crippen LogP contribution in [0.15, 0.2) is 60.8 Å². The Morgan fingerprint density at radius 2 is 1.71 bits per heavy atom. The van der Waals surface area contributed by atoms with Crippen molar-refractivity contribution in [1.29, 1.82) is 0 Å². The predicted octanol–water partition coefficient (Wildman–Crippen LogP) is 2.64. The summed E-state index contributed by atoms with van der Waals surface area (Å²) in [6.07, 6.45) is 1.06. The Labute approximate surface area is 160 Å². The van der Waals surface area contributed by atoms with E-state index in [1.165, 1.54) is 0 Å². The van der Waals surface area contributed by atoms with E-state index in [-0.39, 0.29) is 41.1 Å². The zero-order valence-electron chi connectivity index (χ0n) is 12.0. The number of anilines is 2. The summed E-state index contributed by atoms with van der Waals surface area (Å²) in [6, 6.07) is 17.5. The molecule has 3 rings (SSSR count). The number of nitrogens with one attached hydrogen (secondary N) is 1. The summed E-state index contributed by atoms with van der Waals surface area (Å²) in [5.74, 6) is -1.73. The molecule has 6 nitrogen and oxygen atoms in total. The van der Waals surface area contributed by atoms with Crippen LogP contribution >= 0.6 is 0 Å². The minimum absolute atomic E-state index is 0. The van der Waals surface area contributed by atoms with Crippen LogP contribution in [0.25, 0.3) is 11.1 Å². The molecule has 1 heterocycles. The summed E-state index contributed by atoms with van der Waals surface area (Å²) in [5.41, 5.74) is 2.48. The molecule has 0 aliphatic heterocycles. The summed E-state index contributed by atoms with van der Waals surface area (Å²) >= 11 is 0. The molecule has 116 valence electrons. The van der Waals surface area contributed by atoms with Crippen molar-refractivity contribution in [1.82, 2.24) is 9.97 Å². The number of benzene rings is 2. The summed E-state index contributed by atoms with van der Waals surface area (Å²) in [5, 5.41) is 21.4. The van der Waals surface area contributed by atoms with Crippen molar-refractivity contribution in [2.45, 2.75) is 0 Å². The molecular formula is C17H14N3NaO3. The Bertz CT molecular complexity index is 857. The van der Waals surface area contributed by atoms with Crippen LogP contribution in [0.5, 0.6) is 5.88 Å². The molecule has 2 aromatic carbocycles. The molecule has 0 amide bonds. The number of aromatic carboxylic acids is 1. The maximum atomic E-state index is 10.8. The molecule has 0 saturated carbocycles. The third kappa shape index (κ3) is 4.11. The number of carbonyl (C=O) groups is 1. The predicted molar refractivity (Wildman–Crippen MR) is 93.0 cm³/mol. The van der Waals surface area contributed by atoms with E-state index in [2.05, 4.69) is 15.3 Å². The summed E-state index contributed by atoms with van der Waals surface area (Å²) in [7, 11) is 0. The van der Waals surface area contributed by atoms with E-state index in [0.29, 0.717) is 0 Å². The second-order valence-electron chi connectivity index (χ2n) is 4.81. The van der Waals surface area contributed by atoms with E-state index in [9.17, 15) is 9.90 Å². The summed E-state index contributed by atoms with van der Waals surface area (Å²) in [4.78, 5) is 18.5. The van der Waals surface area contributed by atoms with E-state index in [0.717, 1.165) is 23.0 Å². The van der Waals surface area contributed by atoms with Crippen LogP contribution in [0.1, 0.15) is 10.4 Å². The molecule has 0 saturated heterocycles. The first-order valence-electron chi connectivity index (χ1n) is 6.85. The van der Waals surface area contributed by atoms with Gasteiger partial charge < -0.3 is 15.5 Å². The first kappa shape index (κ1) is 17.9. The van der Waals surface area contributed by atoms with Crippen LogP contribution in [0.4, 0.5) is 11.6 Å². The van der Waals surface area contributed by atoms with Gasteiger partial charge in [0, 0.05) is 5.69 Å². The van der Waals surface area contributed by atoms with Gasteiger partial charge in [-0.1, -0.05) is 42.5 Å². The maximum absolute atomic E-state index is 10.8. The van der Waals surface area contributed by atoms with Gasteiger partial charge in [-0.25, -0.2) is 9.78 Å². The normalized spacial score (nSPS) is 9.83. The van der Waals surface area contributed by atoms with Crippen LogP contribution in [0.3, 0.4) is 0 Å². The number of aromatic hydroxyl groups is 1. The van der Waals surface area contributed by atoms with Gasteiger partial charge in [0.1, 0.15) is 5.56 Å². The molecule has 0 bridgehead atoms. The second-order valence-corrected chi connectivity index (χ2v) is 4.81. The van der Waals surface area contributed by atoms with Crippen LogP contribution in [0, 0.1) is 0 Å². The van der Waals surface area contributed by atoms with Crippen LogP contribution in [-0.2, 0) is 0 Å². The molecular weight excluding hydrogens is 317 g/mol. The molecule has 3 aromatic rings. The molecule has 0 unspecified atom stereocenters. The molecule has 0 aliphatic carbocycles. The van der Waals surface area contributed by atoms with E-state index in [1.807, 2.05) is 54.6 Å². The molecule has 0 radical (unpaired) electrons. The Morgan fingerprint density at radius 1 is 1.00 bits per heavy atom. The van der Waals surface area contributed by atoms with Crippen molar-refractivity contribution < 1.29 is 15.0 Å². The Balaban J connectivity index is 0.00000208. The van der Waals surface area contributed by atoms with Gasteiger partial charge >= 0.3 is 35.5 Å². The van der Waals surface area contributed by atoms with Crippen molar-refractivity contribution in [3.05, 3.63) is 66.4 Å². The van der Waals surface area contributed by atoms with Gasteiger partial charge in [0.15, 0.2) is 0 Å². The van der Waals surface area contributed by atoms with E-state index < -0.39 is 11.8 Å². The van der Waals surface area contributed by atoms with Gasteiger partial charge in [0.25, 0.3) is 0 Å². The molecule has 7 heteroatoms. The number of nitrogens with zero attached hydrogens (tertiary/aromatic N) is 2. The monoisotopic (exact) mass is 331 g/mol. The van der Waals surface area contributed by atoms with E-state index in [4.69, 9.17) is 5.11 Å². The first-order valence-corrected chi connectivity index (χ1v) is 6.85. The average molecular weight is 331 g/mol. The number of aromatic nitrogens is 2. The third-order valence-electron chi connectivity index (χ3n) is 3.22. The molecule has 0 atom stereocenters. The number of carboxylic acids is 1. The summed E-state index contributed by atoms with van der Waals surface area (Å²) in [6.45, 7) is 0. The van der Waals surface area contributed by atoms with Crippen molar-refractivity contribution in [2.24, 2.45) is 0 Å². The number of hydrogen-bond acceptors (Lipinski definition) is 5. The van der Waals surface area contributed by atoms with Gasteiger partial charge in [-0.3, -0.25) is 0 Å². The fourth-order valence-corrected chi connectivity index (χ4v) is 2.12. The Hall–Kier alpha value is -2.41. The van der Waals surface area contributed by atoms with Gasteiger partial charge in [-0.15, -0.1) is 0 Å². The minimum atomic E-state index is -1.28. The molecule has 1 aromatic heterocycles. The zero-order valence-corrected chi connectivity index (χ0v) is 12.0. The quantitative estimate of drug-likeness (QED) is 0.636. The van der Waals surface area contributed by atoms with Crippen LogP contribution < -0.4 is 5.32 Å². The second kappa shape index (κ2) is 7.92. The average Bonchev–Trinajstić information content (AvgIpc) is 2.56. The van der Waals surface area contributed by atoms with Crippen molar-refractivity contribution in [3.8, 4) is 17.0 Å². The molecule has 24 heavy (non-hydrogen) atoms. The summed E-state index contributed by atoms with van der Waals surface area (Å²) < 4.78 is 0. The van der Waals surface area contributed by atoms with Gasteiger partial charge in [0.05, 0.1) is 6.20 Å². The van der Waals surface area contributed by atoms with Crippen molar-refractivity contribution in [2.75, 3.05) is 5.32 Å². The van der Waals surface area contributed by atoms with Crippen LogP contribution in [-0.4, -0.2) is 55.7 Å². The Kier molecular flexibility index (Phi) is 5.92. The van der Waals surface area contributed by atoms with Crippen LogP contribution in [0.2, 0.25) is 0 Å². The molecule has 3 N–H and O–H groups in total. The molecule has 0 spiro atoms. The fraction of sp³-hybridized carbons (Fsp3) is 0. The number of carboxylic acid groups (broad SMARTS) is 1. The topological polar surface area (TPSA) is 95.3 Å². The zero-order chi connectivity index (χ0) is 16.2. The van der Waals surface area contributed by atoms with Gasteiger partial charge in [-0.05, 0) is 23.3 Å². The standard InChI is InChI=1S/C17H13N3O3.Na.H/c21-15-14(16(22)23)10-18-17(20-15)19-13-8-4-7-12(9-13)11-5-2-1-3-6-11;;/h1-10H,(H,22,23)(H2,18,19,20,21);;. The Morgan fingerprint density at radius 3 is 2.38 bits per heavy atom. The fourth-order valence-electron chi connectivity index (χ4n) is 2.12. The third-order valence-corrected chi connectivity index (χ3v) is 3.22. The van der Waals surface area contributed by atoms with Crippen molar-refractivity contribution >= 4 is 47.2 Å².